The average Bonchev–Trinajstić information content (AvgIpc) is 2.64. The highest BCUT2D eigenvalue weighted by atomic mass is 35.5. The molecule has 3 aromatic rings. The summed E-state index contributed by atoms with van der Waals surface area (Å²) in [7, 11) is 1.78. The minimum absolute atomic E-state index is 0.0658. The van der Waals surface area contributed by atoms with Crippen LogP contribution in [0, 0.1) is 0 Å². The van der Waals surface area contributed by atoms with E-state index in [2.05, 4.69) is 9.97 Å². The zero-order chi connectivity index (χ0) is 17.6. The van der Waals surface area contributed by atoms with E-state index in [0.717, 1.165) is 28.7 Å². The molecule has 0 saturated carbocycles. The molecule has 126 valence electrons. The number of rotatable bonds is 5. The molecule has 0 radical (unpaired) electrons. The first-order valence-electron chi connectivity index (χ1n) is 8.01. The molecule has 2 aromatic heterocycles. The zero-order valence-corrected chi connectivity index (χ0v) is 14.6. The maximum absolute atomic E-state index is 12.2. The van der Waals surface area contributed by atoms with E-state index in [-0.39, 0.29) is 5.91 Å². The van der Waals surface area contributed by atoms with Crippen molar-refractivity contribution in [1.29, 1.82) is 0 Å². The molecule has 0 fully saturated rings. The molecule has 0 saturated heterocycles. The Morgan fingerprint density at radius 2 is 2.04 bits per heavy atom. The van der Waals surface area contributed by atoms with Crippen LogP contribution in [0.15, 0.2) is 60.8 Å². The molecule has 2 heterocycles. The predicted molar refractivity (Wildman–Crippen MR) is 101 cm³/mol. The van der Waals surface area contributed by atoms with Crippen LogP contribution in [0.3, 0.4) is 0 Å². The van der Waals surface area contributed by atoms with Gasteiger partial charge < -0.3 is 4.90 Å². The van der Waals surface area contributed by atoms with Gasteiger partial charge in [-0.3, -0.25) is 9.78 Å². The molecule has 5 heteroatoms. The van der Waals surface area contributed by atoms with Crippen LogP contribution in [0.25, 0.3) is 17.0 Å². The number of hydrogen-bond acceptors (Lipinski definition) is 3. The number of fused-ring (bicyclic) bond motifs is 1. The second-order valence-corrected chi connectivity index (χ2v) is 6.17. The molecule has 0 unspecified atom stereocenters. The number of amides is 1. The minimum atomic E-state index is -0.0658. The van der Waals surface area contributed by atoms with Crippen LogP contribution < -0.4 is 0 Å². The van der Waals surface area contributed by atoms with Gasteiger partial charge in [0.05, 0.1) is 11.2 Å². The van der Waals surface area contributed by atoms with Crippen LogP contribution in [-0.4, -0.2) is 34.4 Å². The first-order chi connectivity index (χ1) is 12.1. The van der Waals surface area contributed by atoms with Crippen LogP contribution in [0.5, 0.6) is 0 Å². The summed E-state index contributed by atoms with van der Waals surface area (Å²) in [5, 5.41) is 1.66. The first-order valence-corrected chi connectivity index (χ1v) is 8.39. The maximum Gasteiger partial charge on any atom is 0.246 e. The number of pyridine rings is 2. The van der Waals surface area contributed by atoms with Crippen molar-refractivity contribution in [2.24, 2.45) is 0 Å². The van der Waals surface area contributed by atoms with Crippen molar-refractivity contribution >= 4 is 34.5 Å². The molecule has 4 nitrogen and oxygen atoms in total. The molecular weight excluding hydrogens is 334 g/mol. The van der Waals surface area contributed by atoms with Gasteiger partial charge in [0.25, 0.3) is 0 Å². The Labute approximate surface area is 151 Å². The van der Waals surface area contributed by atoms with Gasteiger partial charge in [-0.1, -0.05) is 29.8 Å². The molecule has 0 aliphatic carbocycles. The fourth-order valence-electron chi connectivity index (χ4n) is 2.42. The van der Waals surface area contributed by atoms with Gasteiger partial charge in [0, 0.05) is 48.4 Å². The predicted octanol–water partition coefficient (Wildman–Crippen LogP) is 4.00. The fraction of sp³-hybridized carbons (Fsp3) is 0.150. The molecule has 0 N–H and O–H groups in total. The lowest BCUT2D eigenvalue weighted by Gasteiger charge is -2.14. The number of carbonyl (C=O) groups excluding carboxylic acids is 1. The smallest absolute Gasteiger partial charge is 0.246 e. The second kappa shape index (κ2) is 7.90. The Hall–Kier alpha value is -2.72. The third-order valence-corrected chi connectivity index (χ3v) is 4.11. The van der Waals surface area contributed by atoms with Crippen LogP contribution in [0.4, 0.5) is 0 Å². The fourth-order valence-corrected chi connectivity index (χ4v) is 2.59. The Balaban J connectivity index is 1.63. The van der Waals surface area contributed by atoms with Gasteiger partial charge in [0.1, 0.15) is 0 Å². The van der Waals surface area contributed by atoms with Crippen molar-refractivity contribution in [3.05, 3.63) is 77.2 Å². The second-order valence-electron chi connectivity index (χ2n) is 5.74. The van der Waals surface area contributed by atoms with Gasteiger partial charge in [-0.25, -0.2) is 4.98 Å². The summed E-state index contributed by atoms with van der Waals surface area (Å²) in [5.74, 6) is -0.0658. The number of nitrogens with zero attached hydrogens (tertiary/aromatic N) is 3. The number of carbonyl (C=O) groups is 1. The lowest BCUT2D eigenvalue weighted by atomic mass is 10.2. The van der Waals surface area contributed by atoms with E-state index in [1.165, 1.54) is 6.08 Å². The molecule has 0 atom stereocenters. The molecule has 0 aliphatic heterocycles. The van der Waals surface area contributed by atoms with E-state index in [9.17, 15) is 4.79 Å². The Kier molecular flexibility index (Phi) is 5.41. The third kappa shape index (κ3) is 4.64. The number of aromatic nitrogens is 2. The van der Waals surface area contributed by atoms with Gasteiger partial charge in [-0.05, 0) is 36.4 Å². The van der Waals surface area contributed by atoms with E-state index in [1.807, 2.05) is 48.5 Å². The minimum Gasteiger partial charge on any atom is -0.342 e. The standard InChI is InChI=1S/C20H18ClN3O/c1-24(13-11-17-4-2-3-12-22-17)20(25)10-9-18-8-6-15-5-7-16(21)14-19(15)23-18/h2-10,12,14H,11,13H2,1H3. The van der Waals surface area contributed by atoms with E-state index in [0.29, 0.717) is 11.6 Å². The van der Waals surface area contributed by atoms with E-state index in [4.69, 9.17) is 11.6 Å². The summed E-state index contributed by atoms with van der Waals surface area (Å²) in [6.07, 6.45) is 5.75. The lowest BCUT2D eigenvalue weighted by Crippen LogP contribution is -2.27. The van der Waals surface area contributed by atoms with E-state index >= 15 is 0 Å². The topological polar surface area (TPSA) is 46.1 Å². The molecule has 3 rings (SSSR count). The van der Waals surface area contributed by atoms with E-state index in [1.54, 1.807) is 24.2 Å². The Morgan fingerprint density at radius 1 is 1.20 bits per heavy atom. The maximum atomic E-state index is 12.2. The highest BCUT2D eigenvalue weighted by Crippen LogP contribution is 2.18. The number of benzene rings is 1. The van der Waals surface area contributed by atoms with Crippen LogP contribution in [0.2, 0.25) is 5.02 Å². The molecule has 25 heavy (non-hydrogen) atoms. The number of halogens is 1. The molecule has 0 aliphatic rings. The van der Waals surface area contributed by atoms with Gasteiger partial charge in [0.15, 0.2) is 0 Å². The quantitative estimate of drug-likeness (QED) is 0.653. The largest absolute Gasteiger partial charge is 0.342 e. The van der Waals surface area contributed by atoms with Crippen molar-refractivity contribution in [3.63, 3.8) is 0 Å². The van der Waals surface area contributed by atoms with Crippen molar-refractivity contribution in [2.75, 3.05) is 13.6 Å². The molecular formula is C20H18ClN3O. The van der Waals surface area contributed by atoms with Crippen molar-refractivity contribution < 1.29 is 4.79 Å². The summed E-state index contributed by atoms with van der Waals surface area (Å²) >= 11 is 6.00. The Bertz CT molecular complexity index is 909. The molecule has 1 amide bonds. The van der Waals surface area contributed by atoms with Gasteiger partial charge >= 0.3 is 0 Å². The average molecular weight is 352 g/mol. The summed E-state index contributed by atoms with van der Waals surface area (Å²) in [5.41, 5.74) is 2.51. The van der Waals surface area contributed by atoms with Crippen molar-refractivity contribution in [1.82, 2.24) is 14.9 Å². The van der Waals surface area contributed by atoms with Crippen LogP contribution >= 0.6 is 11.6 Å². The summed E-state index contributed by atoms with van der Waals surface area (Å²) in [6, 6.07) is 15.2. The van der Waals surface area contributed by atoms with Crippen LogP contribution in [-0.2, 0) is 11.2 Å². The molecule has 0 bridgehead atoms. The summed E-state index contributed by atoms with van der Waals surface area (Å²) in [6.45, 7) is 0.612. The normalized spacial score (nSPS) is 11.1. The Morgan fingerprint density at radius 3 is 2.84 bits per heavy atom. The van der Waals surface area contributed by atoms with Gasteiger partial charge in [-0.2, -0.15) is 0 Å². The SMILES string of the molecule is CN(CCc1ccccn1)C(=O)C=Cc1ccc2ccc(Cl)cc2n1. The monoisotopic (exact) mass is 351 g/mol. The van der Waals surface area contributed by atoms with Crippen molar-refractivity contribution in [2.45, 2.75) is 6.42 Å². The summed E-state index contributed by atoms with van der Waals surface area (Å²) < 4.78 is 0. The lowest BCUT2D eigenvalue weighted by molar-refractivity contribution is -0.124. The van der Waals surface area contributed by atoms with Gasteiger partial charge in [0.2, 0.25) is 5.91 Å². The van der Waals surface area contributed by atoms with Gasteiger partial charge in [-0.15, -0.1) is 0 Å². The molecule has 0 spiro atoms. The highest BCUT2D eigenvalue weighted by Gasteiger charge is 2.05. The van der Waals surface area contributed by atoms with E-state index < -0.39 is 0 Å². The van der Waals surface area contributed by atoms with Crippen LogP contribution in [0.1, 0.15) is 11.4 Å². The number of hydrogen-bond donors (Lipinski definition) is 0. The third-order valence-electron chi connectivity index (χ3n) is 3.88. The first kappa shape index (κ1) is 17.1. The summed E-state index contributed by atoms with van der Waals surface area (Å²) in [4.78, 5) is 22.7. The highest BCUT2D eigenvalue weighted by molar-refractivity contribution is 6.31. The molecule has 1 aromatic carbocycles. The number of likely N-dealkylation sites (N-methyl/N-ethyl adjacent to an activating group) is 1. The zero-order valence-electron chi connectivity index (χ0n) is 13.9. The van der Waals surface area contributed by atoms with Crippen molar-refractivity contribution in [3.8, 4) is 0 Å².